The zero-order valence-electron chi connectivity index (χ0n) is 13.1. The van der Waals surface area contributed by atoms with Crippen LogP contribution in [0.15, 0.2) is 53.4 Å². The third kappa shape index (κ3) is 4.53. The lowest BCUT2D eigenvalue weighted by Crippen LogP contribution is -2.41. The number of carbonyl (C=O) groups excluding carboxylic acids is 1. The summed E-state index contributed by atoms with van der Waals surface area (Å²) in [5.74, 6) is -0.462. The Morgan fingerprint density at radius 3 is 2.21 bits per heavy atom. The lowest BCUT2D eigenvalue weighted by atomic mass is 10.3. The third-order valence-electron chi connectivity index (χ3n) is 3.21. The second kappa shape index (κ2) is 7.41. The second-order valence-electron chi connectivity index (χ2n) is 5.01. The van der Waals surface area contributed by atoms with Crippen molar-refractivity contribution in [3.63, 3.8) is 0 Å². The fourth-order valence-electron chi connectivity index (χ4n) is 1.89. The highest BCUT2D eigenvalue weighted by atomic mass is 32.2. The van der Waals surface area contributed by atoms with E-state index in [4.69, 9.17) is 4.74 Å². The number of sulfonamides is 1. The minimum atomic E-state index is -3.85. The van der Waals surface area contributed by atoms with Gasteiger partial charge in [0, 0.05) is 5.69 Å². The highest BCUT2D eigenvalue weighted by Crippen LogP contribution is 2.16. The van der Waals surface area contributed by atoms with Crippen molar-refractivity contribution in [1.82, 2.24) is 4.72 Å². The zero-order chi connectivity index (χ0) is 17.7. The van der Waals surface area contributed by atoms with E-state index in [0.29, 0.717) is 11.4 Å². The Bertz CT molecular complexity index is 805. The fraction of sp³-hybridized carbons (Fsp3) is 0.188. The molecule has 2 rings (SSSR count). The molecule has 0 spiro atoms. The summed E-state index contributed by atoms with van der Waals surface area (Å²) in [6, 6.07) is 9.94. The van der Waals surface area contributed by atoms with Gasteiger partial charge in [0.1, 0.15) is 11.6 Å². The molecule has 0 fully saturated rings. The molecule has 0 aromatic heterocycles. The standard InChI is InChI=1S/C16H17FN2O4S/c1-11(16(20)18-13-5-3-12(17)4-6-13)19-24(21,22)15-9-7-14(23-2)8-10-15/h3-11,19H,1-2H3,(H,18,20). The molecule has 0 saturated heterocycles. The number of ether oxygens (including phenoxy) is 1. The molecule has 0 aliphatic heterocycles. The van der Waals surface area contributed by atoms with E-state index < -0.39 is 27.8 Å². The van der Waals surface area contributed by atoms with Crippen LogP contribution in [-0.2, 0) is 14.8 Å². The Labute approximate surface area is 139 Å². The van der Waals surface area contributed by atoms with Crippen molar-refractivity contribution in [2.45, 2.75) is 17.9 Å². The largest absolute Gasteiger partial charge is 0.497 e. The van der Waals surface area contributed by atoms with E-state index in [1.54, 1.807) is 0 Å². The molecule has 2 aromatic rings. The van der Waals surface area contributed by atoms with Gasteiger partial charge in [0.25, 0.3) is 0 Å². The van der Waals surface area contributed by atoms with Crippen molar-refractivity contribution in [3.8, 4) is 5.75 Å². The van der Waals surface area contributed by atoms with Crippen LogP contribution in [-0.4, -0.2) is 27.5 Å². The number of anilines is 1. The lowest BCUT2D eigenvalue weighted by molar-refractivity contribution is -0.117. The summed E-state index contributed by atoms with van der Waals surface area (Å²) < 4.78 is 44.6. The van der Waals surface area contributed by atoms with Crippen molar-refractivity contribution in [1.29, 1.82) is 0 Å². The Hall–Kier alpha value is -2.45. The molecule has 2 aromatic carbocycles. The first-order chi connectivity index (χ1) is 11.3. The van der Waals surface area contributed by atoms with Gasteiger partial charge in [0.05, 0.1) is 18.0 Å². The van der Waals surface area contributed by atoms with Gasteiger partial charge in [-0.1, -0.05) is 0 Å². The lowest BCUT2D eigenvalue weighted by Gasteiger charge is -2.14. The van der Waals surface area contributed by atoms with Crippen LogP contribution >= 0.6 is 0 Å². The smallest absolute Gasteiger partial charge is 0.242 e. The topological polar surface area (TPSA) is 84.5 Å². The van der Waals surface area contributed by atoms with E-state index >= 15 is 0 Å². The van der Waals surface area contributed by atoms with E-state index in [9.17, 15) is 17.6 Å². The van der Waals surface area contributed by atoms with Crippen LogP contribution < -0.4 is 14.8 Å². The predicted molar refractivity (Wildman–Crippen MR) is 87.8 cm³/mol. The molecule has 24 heavy (non-hydrogen) atoms. The molecule has 0 aliphatic carbocycles. The number of methoxy groups -OCH3 is 1. The van der Waals surface area contributed by atoms with E-state index in [1.165, 1.54) is 62.6 Å². The normalized spacial score (nSPS) is 12.5. The summed E-state index contributed by atoms with van der Waals surface area (Å²) in [6.07, 6.45) is 0. The summed E-state index contributed by atoms with van der Waals surface area (Å²) in [6.45, 7) is 1.42. The number of amides is 1. The molecule has 0 radical (unpaired) electrons. The number of nitrogens with one attached hydrogen (secondary N) is 2. The molecule has 1 unspecified atom stereocenters. The summed E-state index contributed by atoms with van der Waals surface area (Å²) >= 11 is 0. The highest BCUT2D eigenvalue weighted by Gasteiger charge is 2.22. The molecular weight excluding hydrogens is 335 g/mol. The highest BCUT2D eigenvalue weighted by molar-refractivity contribution is 7.89. The van der Waals surface area contributed by atoms with Crippen molar-refractivity contribution in [2.24, 2.45) is 0 Å². The monoisotopic (exact) mass is 352 g/mol. The van der Waals surface area contributed by atoms with Gasteiger partial charge in [-0.3, -0.25) is 4.79 Å². The van der Waals surface area contributed by atoms with Crippen LogP contribution in [0.1, 0.15) is 6.92 Å². The first-order valence-corrected chi connectivity index (χ1v) is 8.53. The summed E-state index contributed by atoms with van der Waals surface area (Å²) in [4.78, 5) is 12.1. The number of hydrogen-bond acceptors (Lipinski definition) is 4. The average molecular weight is 352 g/mol. The van der Waals surface area contributed by atoms with Crippen LogP contribution in [0.2, 0.25) is 0 Å². The van der Waals surface area contributed by atoms with Gasteiger partial charge in [-0.2, -0.15) is 4.72 Å². The summed E-state index contributed by atoms with van der Waals surface area (Å²) in [5.41, 5.74) is 0.372. The maximum Gasteiger partial charge on any atom is 0.242 e. The summed E-state index contributed by atoms with van der Waals surface area (Å²) in [5, 5.41) is 2.51. The van der Waals surface area contributed by atoms with Gasteiger partial charge in [0.15, 0.2) is 0 Å². The van der Waals surface area contributed by atoms with Crippen molar-refractivity contribution < 1.29 is 22.3 Å². The van der Waals surface area contributed by atoms with Crippen LogP contribution in [0.25, 0.3) is 0 Å². The number of benzene rings is 2. The molecular formula is C16H17FN2O4S. The number of hydrogen-bond donors (Lipinski definition) is 2. The maximum atomic E-state index is 12.8. The quantitative estimate of drug-likeness (QED) is 0.834. The molecule has 128 valence electrons. The number of halogens is 1. The fourth-order valence-corrected chi connectivity index (χ4v) is 3.10. The molecule has 0 aliphatic rings. The molecule has 0 saturated carbocycles. The van der Waals surface area contributed by atoms with E-state index in [-0.39, 0.29) is 4.90 Å². The zero-order valence-corrected chi connectivity index (χ0v) is 13.9. The van der Waals surface area contributed by atoms with Gasteiger partial charge in [0.2, 0.25) is 15.9 Å². The van der Waals surface area contributed by atoms with Crippen LogP contribution in [0.3, 0.4) is 0 Å². The Balaban J connectivity index is 2.04. The first kappa shape index (κ1) is 17.9. The molecule has 6 nitrogen and oxygen atoms in total. The molecule has 2 N–H and O–H groups in total. The average Bonchev–Trinajstić information content (AvgIpc) is 2.56. The minimum Gasteiger partial charge on any atom is -0.497 e. The maximum absolute atomic E-state index is 12.8. The first-order valence-electron chi connectivity index (χ1n) is 7.04. The third-order valence-corrected chi connectivity index (χ3v) is 4.76. The molecule has 8 heteroatoms. The SMILES string of the molecule is COc1ccc(S(=O)(=O)NC(C)C(=O)Nc2ccc(F)cc2)cc1. The Morgan fingerprint density at radius 2 is 1.67 bits per heavy atom. The molecule has 0 heterocycles. The number of rotatable bonds is 6. The van der Waals surface area contributed by atoms with Crippen molar-refractivity contribution >= 4 is 21.6 Å². The van der Waals surface area contributed by atoms with Gasteiger partial charge >= 0.3 is 0 Å². The van der Waals surface area contributed by atoms with Gasteiger partial charge < -0.3 is 10.1 Å². The minimum absolute atomic E-state index is 0.0183. The van der Waals surface area contributed by atoms with Crippen LogP contribution in [0.5, 0.6) is 5.75 Å². The van der Waals surface area contributed by atoms with Gasteiger partial charge in [-0.15, -0.1) is 0 Å². The Kier molecular flexibility index (Phi) is 5.53. The van der Waals surface area contributed by atoms with Crippen LogP contribution in [0.4, 0.5) is 10.1 Å². The second-order valence-corrected chi connectivity index (χ2v) is 6.73. The van der Waals surface area contributed by atoms with Gasteiger partial charge in [-0.25, -0.2) is 12.8 Å². The van der Waals surface area contributed by atoms with Crippen molar-refractivity contribution in [3.05, 3.63) is 54.3 Å². The number of carbonyl (C=O) groups is 1. The van der Waals surface area contributed by atoms with E-state index in [0.717, 1.165) is 0 Å². The Morgan fingerprint density at radius 1 is 1.08 bits per heavy atom. The predicted octanol–water partition coefficient (Wildman–Crippen LogP) is 2.14. The van der Waals surface area contributed by atoms with Gasteiger partial charge in [-0.05, 0) is 55.5 Å². The van der Waals surface area contributed by atoms with E-state index in [2.05, 4.69) is 10.0 Å². The van der Waals surface area contributed by atoms with Crippen molar-refractivity contribution in [2.75, 3.05) is 12.4 Å². The summed E-state index contributed by atoms with van der Waals surface area (Å²) in [7, 11) is -2.38. The van der Waals surface area contributed by atoms with E-state index in [1.807, 2.05) is 0 Å². The van der Waals surface area contributed by atoms with Crippen LogP contribution in [0, 0.1) is 5.82 Å². The molecule has 0 bridgehead atoms. The molecule has 1 amide bonds. The molecule has 1 atom stereocenters.